The Hall–Kier alpha value is -2.02. The average molecular weight is 416 g/mol. The maximum Gasteiger partial charge on any atom is 0.131 e. The van der Waals surface area contributed by atoms with Gasteiger partial charge in [-0.2, -0.15) is 0 Å². The van der Waals surface area contributed by atoms with Crippen LogP contribution in [-0.2, 0) is 18.6 Å². The number of aromatic hydroxyl groups is 1. The lowest BCUT2D eigenvalue weighted by Crippen LogP contribution is -2.43. The molecule has 1 aliphatic carbocycles. The predicted octanol–water partition coefficient (Wildman–Crippen LogP) is 3.98. The topological polar surface area (TPSA) is 38.7 Å². The number of benzene rings is 2. The van der Waals surface area contributed by atoms with Crippen molar-refractivity contribution in [1.82, 2.24) is 15.1 Å². The van der Waals surface area contributed by atoms with Crippen molar-refractivity contribution in [3.8, 4) is 5.75 Å². The summed E-state index contributed by atoms with van der Waals surface area (Å²) in [4.78, 5) is 4.67. The zero-order valence-corrected chi connectivity index (χ0v) is 17.6. The first-order valence-electron chi connectivity index (χ1n) is 10.9. The van der Waals surface area contributed by atoms with E-state index in [-0.39, 0.29) is 0 Å². The zero-order chi connectivity index (χ0) is 21.1. The first-order chi connectivity index (χ1) is 14.4. The highest BCUT2D eigenvalue weighted by atomic mass is 19.1. The van der Waals surface area contributed by atoms with E-state index in [0.717, 1.165) is 75.6 Å². The van der Waals surface area contributed by atoms with Gasteiger partial charge in [-0.25, -0.2) is 8.78 Å². The second-order valence-electron chi connectivity index (χ2n) is 8.81. The number of phenolic OH excluding ortho intramolecular Hbond substituents is 1. The number of piperazine rings is 1. The van der Waals surface area contributed by atoms with E-state index in [1.807, 2.05) is 12.1 Å². The summed E-state index contributed by atoms with van der Waals surface area (Å²) in [6, 6.07) is 9.62. The monoisotopic (exact) mass is 415 g/mol. The third-order valence-corrected chi connectivity index (χ3v) is 6.67. The molecule has 2 aliphatic rings. The van der Waals surface area contributed by atoms with Crippen LogP contribution in [0.2, 0.25) is 0 Å². The maximum atomic E-state index is 14.6. The van der Waals surface area contributed by atoms with E-state index in [4.69, 9.17) is 0 Å². The standard InChI is InChI=1S/C24H31F2N3O/c1-28-10-12-29(13-11-28)17-19-14-18(4-7-23(19)30)16-27-24(8-2-3-9-24)21-6-5-20(25)15-22(21)26/h4-7,14-15,27,30H,2-3,8-13,16-17H2,1H3. The smallest absolute Gasteiger partial charge is 0.131 e. The molecular formula is C24H31F2N3O. The van der Waals surface area contributed by atoms with Gasteiger partial charge in [0.25, 0.3) is 0 Å². The Morgan fingerprint density at radius 1 is 1.00 bits per heavy atom. The van der Waals surface area contributed by atoms with Crippen LogP contribution in [0.25, 0.3) is 0 Å². The molecule has 0 radical (unpaired) electrons. The highest BCUT2D eigenvalue weighted by Crippen LogP contribution is 2.40. The van der Waals surface area contributed by atoms with E-state index in [9.17, 15) is 13.9 Å². The third kappa shape index (κ3) is 4.66. The second kappa shape index (κ2) is 9.00. The highest BCUT2D eigenvalue weighted by molar-refractivity contribution is 5.37. The van der Waals surface area contributed by atoms with Gasteiger partial charge < -0.3 is 15.3 Å². The van der Waals surface area contributed by atoms with Crippen molar-refractivity contribution in [3.63, 3.8) is 0 Å². The molecule has 6 heteroatoms. The van der Waals surface area contributed by atoms with Crippen LogP contribution in [0.4, 0.5) is 8.78 Å². The Morgan fingerprint density at radius 3 is 2.43 bits per heavy atom. The number of rotatable bonds is 6. The SMILES string of the molecule is CN1CCN(Cc2cc(CNC3(c4ccc(F)cc4F)CCCC3)ccc2O)CC1. The molecule has 1 heterocycles. The molecular weight excluding hydrogens is 384 g/mol. The minimum atomic E-state index is -0.545. The summed E-state index contributed by atoms with van der Waals surface area (Å²) < 4.78 is 28.0. The van der Waals surface area contributed by atoms with Gasteiger partial charge in [0.05, 0.1) is 0 Å². The van der Waals surface area contributed by atoms with Gasteiger partial charge in [-0.15, -0.1) is 0 Å². The van der Waals surface area contributed by atoms with E-state index >= 15 is 0 Å². The molecule has 0 bridgehead atoms. The van der Waals surface area contributed by atoms with Crippen LogP contribution in [0, 0.1) is 11.6 Å². The number of nitrogens with zero attached hydrogens (tertiary/aromatic N) is 2. The first kappa shape index (κ1) is 21.2. The van der Waals surface area contributed by atoms with E-state index in [0.29, 0.717) is 17.9 Å². The molecule has 1 saturated carbocycles. The summed E-state index contributed by atoms with van der Waals surface area (Å²) in [6.45, 7) is 5.36. The molecule has 2 aromatic rings. The first-order valence-corrected chi connectivity index (χ1v) is 10.9. The second-order valence-corrected chi connectivity index (χ2v) is 8.81. The Bertz CT molecular complexity index is 875. The summed E-state index contributed by atoms with van der Waals surface area (Å²) in [6.07, 6.45) is 3.71. The largest absolute Gasteiger partial charge is 0.508 e. The summed E-state index contributed by atoms with van der Waals surface area (Å²) >= 11 is 0. The predicted molar refractivity (Wildman–Crippen MR) is 114 cm³/mol. The molecule has 0 unspecified atom stereocenters. The summed E-state index contributed by atoms with van der Waals surface area (Å²) in [5.41, 5.74) is 2.07. The average Bonchev–Trinajstić information content (AvgIpc) is 3.20. The Morgan fingerprint density at radius 2 is 1.73 bits per heavy atom. The summed E-state index contributed by atoms with van der Waals surface area (Å²) in [5.74, 6) is -0.708. The van der Waals surface area contributed by atoms with Crippen LogP contribution in [0.15, 0.2) is 36.4 Å². The van der Waals surface area contributed by atoms with E-state index in [1.165, 1.54) is 6.07 Å². The number of halogens is 2. The molecule has 4 nitrogen and oxygen atoms in total. The van der Waals surface area contributed by atoms with Crippen LogP contribution in [0.5, 0.6) is 5.75 Å². The highest BCUT2D eigenvalue weighted by Gasteiger charge is 2.37. The maximum absolute atomic E-state index is 14.6. The minimum absolute atomic E-state index is 0.317. The number of likely N-dealkylation sites (N-methyl/N-ethyl adjacent to an activating group) is 1. The molecule has 0 amide bonds. The van der Waals surface area contributed by atoms with Gasteiger partial charge in [-0.1, -0.05) is 25.0 Å². The minimum Gasteiger partial charge on any atom is -0.508 e. The summed E-state index contributed by atoms with van der Waals surface area (Å²) in [5, 5.41) is 13.9. The van der Waals surface area contributed by atoms with Crippen molar-refractivity contribution in [3.05, 3.63) is 64.7 Å². The third-order valence-electron chi connectivity index (χ3n) is 6.67. The lowest BCUT2D eigenvalue weighted by atomic mass is 9.87. The number of hydrogen-bond acceptors (Lipinski definition) is 4. The van der Waals surface area contributed by atoms with E-state index in [1.54, 1.807) is 12.1 Å². The molecule has 0 aromatic heterocycles. The molecule has 2 aromatic carbocycles. The van der Waals surface area contributed by atoms with Crippen LogP contribution in [0.1, 0.15) is 42.4 Å². The van der Waals surface area contributed by atoms with Crippen molar-refractivity contribution in [2.75, 3.05) is 33.2 Å². The van der Waals surface area contributed by atoms with Gasteiger partial charge in [0.15, 0.2) is 0 Å². The molecule has 0 atom stereocenters. The molecule has 162 valence electrons. The van der Waals surface area contributed by atoms with Crippen molar-refractivity contribution >= 4 is 0 Å². The quantitative estimate of drug-likeness (QED) is 0.749. The molecule has 1 aliphatic heterocycles. The Labute approximate surface area is 177 Å². The fraction of sp³-hybridized carbons (Fsp3) is 0.500. The van der Waals surface area contributed by atoms with E-state index in [2.05, 4.69) is 22.2 Å². The number of hydrogen-bond donors (Lipinski definition) is 2. The number of nitrogens with one attached hydrogen (secondary N) is 1. The van der Waals surface area contributed by atoms with Crippen LogP contribution in [-0.4, -0.2) is 48.1 Å². The zero-order valence-electron chi connectivity index (χ0n) is 17.6. The molecule has 2 N–H and O–H groups in total. The van der Waals surface area contributed by atoms with Crippen LogP contribution in [0.3, 0.4) is 0 Å². The Kier molecular flexibility index (Phi) is 6.37. The van der Waals surface area contributed by atoms with Crippen LogP contribution >= 0.6 is 0 Å². The van der Waals surface area contributed by atoms with Crippen LogP contribution < -0.4 is 5.32 Å². The molecule has 0 spiro atoms. The fourth-order valence-electron chi connectivity index (χ4n) is 4.79. The van der Waals surface area contributed by atoms with Gasteiger partial charge in [0, 0.05) is 62.0 Å². The molecule has 30 heavy (non-hydrogen) atoms. The van der Waals surface area contributed by atoms with Gasteiger partial charge in [-0.05, 0) is 43.7 Å². The lowest BCUT2D eigenvalue weighted by molar-refractivity contribution is 0.147. The fourth-order valence-corrected chi connectivity index (χ4v) is 4.79. The van der Waals surface area contributed by atoms with Crippen molar-refractivity contribution < 1.29 is 13.9 Å². The molecule has 1 saturated heterocycles. The number of phenols is 1. The molecule has 4 rings (SSSR count). The summed E-state index contributed by atoms with van der Waals surface area (Å²) in [7, 11) is 2.13. The lowest BCUT2D eigenvalue weighted by Gasteiger charge is -2.33. The van der Waals surface area contributed by atoms with Gasteiger partial charge in [0.2, 0.25) is 0 Å². The van der Waals surface area contributed by atoms with E-state index < -0.39 is 17.2 Å². The van der Waals surface area contributed by atoms with Gasteiger partial charge in [-0.3, -0.25) is 4.90 Å². The molecule has 2 fully saturated rings. The van der Waals surface area contributed by atoms with Gasteiger partial charge >= 0.3 is 0 Å². The van der Waals surface area contributed by atoms with Gasteiger partial charge in [0.1, 0.15) is 17.4 Å². The normalized spacial score (nSPS) is 20.0. The van der Waals surface area contributed by atoms with Crippen molar-refractivity contribution in [2.24, 2.45) is 0 Å². The van der Waals surface area contributed by atoms with Crippen molar-refractivity contribution in [2.45, 2.75) is 44.3 Å². The van der Waals surface area contributed by atoms with Crippen molar-refractivity contribution in [1.29, 1.82) is 0 Å². The Balaban J connectivity index is 1.48.